The van der Waals surface area contributed by atoms with Gasteiger partial charge in [0.1, 0.15) is 0 Å². The Balaban J connectivity index is 2.91. The maximum Gasteiger partial charge on any atom is 0.233 e. The summed E-state index contributed by atoms with van der Waals surface area (Å²) in [5, 5.41) is 3.99. The van der Waals surface area contributed by atoms with Gasteiger partial charge in [0.2, 0.25) is 6.41 Å². The van der Waals surface area contributed by atoms with Gasteiger partial charge in [-0.1, -0.05) is 23.7 Å². The van der Waals surface area contributed by atoms with Crippen molar-refractivity contribution in [2.75, 3.05) is 0 Å². The molecule has 2 nitrogen and oxygen atoms in total. The molecule has 0 atom stereocenters. The van der Waals surface area contributed by atoms with Gasteiger partial charge in [0.05, 0.1) is 10.7 Å². The number of hydrogen-bond acceptors (Lipinski definition) is 1. The first-order valence-electron chi connectivity index (χ1n) is 2.73. The minimum atomic E-state index is 0.473. The van der Waals surface area contributed by atoms with Crippen molar-refractivity contribution in [3.05, 3.63) is 29.3 Å². The fraction of sp³-hybridized carbons (Fsp3) is 0. The van der Waals surface area contributed by atoms with Crippen molar-refractivity contribution >= 4 is 23.7 Å². The fourth-order valence-electron chi connectivity index (χ4n) is 0.613. The molecule has 10 heavy (non-hydrogen) atoms. The Kier molecular flexibility index (Phi) is 2.29. The van der Waals surface area contributed by atoms with E-state index in [2.05, 4.69) is 5.32 Å². The average Bonchev–Trinajstić information content (AvgIpc) is 1.94. The molecule has 0 fully saturated rings. The minimum absolute atomic E-state index is 0.473. The third kappa shape index (κ3) is 1.48. The van der Waals surface area contributed by atoms with E-state index in [1.165, 1.54) is 0 Å². The molecule has 1 amide bonds. The summed E-state index contributed by atoms with van der Waals surface area (Å²) < 4.78 is 0. The summed E-state index contributed by atoms with van der Waals surface area (Å²) in [4.78, 5) is 9.90. The van der Waals surface area contributed by atoms with E-state index >= 15 is 0 Å². The third-order valence-corrected chi connectivity index (χ3v) is 1.36. The molecule has 0 aromatic heterocycles. The van der Waals surface area contributed by atoms with E-state index in [9.17, 15) is 4.79 Å². The van der Waals surface area contributed by atoms with E-state index in [0.29, 0.717) is 17.1 Å². The van der Waals surface area contributed by atoms with Crippen LogP contribution < -0.4 is 5.32 Å². The molecular formula is C7H5ClNO. The number of hydrogen-bond donors (Lipinski definition) is 0. The highest BCUT2D eigenvalue weighted by atomic mass is 35.5. The summed E-state index contributed by atoms with van der Waals surface area (Å²) in [6.07, 6.45) is 0.473. The Bertz CT molecular complexity index is 237. The van der Waals surface area contributed by atoms with Crippen LogP contribution >= 0.6 is 11.6 Å². The van der Waals surface area contributed by atoms with Crippen LogP contribution in [0.4, 0.5) is 5.69 Å². The van der Waals surface area contributed by atoms with Crippen LogP contribution in [0.25, 0.3) is 0 Å². The number of carbonyl (C=O) groups excluding carboxylic acids is 1. The maximum atomic E-state index is 9.90. The predicted octanol–water partition coefficient (Wildman–Crippen LogP) is 1.73. The second-order valence-electron chi connectivity index (χ2n) is 1.69. The van der Waals surface area contributed by atoms with Gasteiger partial charge in [-0.2, -0.15) is 0 Å². The highest BCUT2D eigenvalue weighted by Gasteiger charge is 1.95. The molecule has 0 bridgehead atoms. The second kappa shape index (κ2) is 3.22. The molecule has 0 aliphatic carbocycles. The first kappa shape index (κ1) is 7.09. The summed E-state index contributed by atoms with van der Waals surface area (Å²) in [6.45, 7) is 0. The van der Waals surface area contributed by atoms with Gasteiger partial charge in [-0.05, 0) is 12.1 Å². The van der Waals surface area contributed by atoms with Crippen LogP contribution in [0.1, 0.15) is 0 Å². The van der Waals surface area contributed by atoms with Crippen LogP contribution in [0.15, 0.2) is 24.3 Å². The molecule has 3 heteroatoms. The Hall–Kier alpha value is -1.02. The average molecular weight is 155 g/mol. The van der Waals surface area contributed by atoms with Gasteiger partial charge in [-0.25, -0.2) is 5.32 Å². The summed E-state index contributed by atoms with van der Waals surface area (Å²) in [6, 6.07) is 6.92. The molecule has 0 aliphatic heterocycles. The van der Waals surface area contributed by atoms with Crippen LogP contribution in [-0.4, -0.2) is 6.41 Å². The van der Waals surface area contributed by atoms with E-state index in [-0.39, 0.29) is 0 Å². The molecule has 0 spiro atoms. The molecule has 0 saturated carbocycles. The first-order chi connectivity index (χ1) is 4.84. The lowest BCUT2D eigenvalue weighted by molar-refractivity contribution is -0.108. The minimum Gasteiger partial charge on any atom is -0.276 e. The van der Waals surface area contributed by atoms with E-state index in [4.69, 9.17) is 11.6 Å². The number of para-hydroxylation sites is 1. The molecule has 1 aromatic rings. The van der Waals surface area contributed by atoms with E-state index < -0.39 is 0 Å². The zero-order valence-electron chi connectivity index (χ0n) is 5.12. The van der Waals surface area contributed by atoms with Gasteiger partial charge in [0.25, 0.3) is 0 Å². The molecule has 51 valence electrons. The van der Waals surface area contributed by atoms with Gasteiger partial charge < -0.3 is 0 Å². The zero-order valence-corrected chi connectivity index (χ0v) is 5.88. The number of benzene rings is 1. The highest BCUT2D eigenvalue weighted by Crippen LogP contribution is 2.19. The number of halogens is 1. The molecule has 1 aromatic carbocycles. The molecule has 0 saturated heterocycles. The highest BCUT2D eigenvalue weighted by molar-refractivity contribution is 6.33. The summed E-state index contributed by atoms with van der Waals surface area (Å²) >= 11 is 5.65. The monoisotopic (exact) mass is 154 g/mol. The topological polar surface area (TPSA) is 31.2 Å². The number of rotatable bonds is 2. The molecule has 0 aliphatic rings. The lowest BCUT2D eigenvalue weighted by Crippen LogP contribution is -1.91. The Morgan fingerprint density at radius 2 is 2.10 bits per heavy atom. The van der Waals surface area contributed by atoms with Crippen molar-refractivity contribution in [2.24, 2.45) is 0 Å². The quantitative estimate of drug-likeness (QED) is 0.597. The molecule has 0 N–H and O–H groups in total. The largest absolute Gasteiger partial charge is 0.276 e. The van der Waals surface area contributed by atoms with Crippen LogP contribution in [0.2, 0.25) is 5.02 Å². The Morgan fingerprint density at radius 3 is 2.70 bits per heavy atom. The summed E-state index contributed by atoms with van der Waals surface area (Å²) in [5.41, 5.74) is 0.513. The predicted molar refractivity (Wildman–Crippen MR) is 39.3 cm³/mol. The SMILES string of the molecule is O=C[N]c1ccccc1Cl. The van der Waals surface area contributed by atoms with Crippen molar-refractivity contribution in [3.63, 3.8) is 0 Å². The standard InChI is InChI=1S/C7H5ClNO/c8-6-3-1-2-4-7(6)9-5-10/h1-5H. The van der Waals surface area contributed by atoms with Gasteiger partial charge in [-0.3, -0.25) is 4.79 Å². The normalized spacial score (nSPS) is 8.90. The summed E-state index contributed by atoms with van der Waals surface area (Å²) in [7, 11) is 0. The number of carbonyl (C=O) groups is 1. The molecule has 1 rings (SSSR count). The number of amides is 1. The molecular weight excluding hydrogens is 150 g/mol. The molecule has 0 unspecified atom stereocenters. The van der Waals surface area contributed by atoms with Crippen molar-refractivity contribution in [1.29, 1.82) is 0 Å². The maximum absolute atomic E-state index is 9.90. The van der Waals surface area contributed by atoms with Crippen molar-refractivity contribution in [1.82, 2.24) is 5.32 Å². The van der Waals surface area contributed by atoms with Gasteiger partial charge in [0, 0.05) is 0 Å². The lowest BCUT2D eigenvalue weighted by atomic mass is 10.3. The molecule has 1 radical (unpaired) electrons. The molecule has 0 heterocycles. The third-order valence-electron chi connectivity index (χ3n) is 1.04. The van der Waals surface area contributed by atoms with Gasteiger partial charge in [-0.15, -0.1) is 0 Å². The smallest absolute Gasteiger partial charge is 0.233 e. The van der Waals surface area contributed by atoms with Crippen LogP contribution in [0.5, 0.6) is 0 Å². The van der Waals surface area contributed by atoms with Crippen LogP contribution in [0.3, 0.4) is 0 Å². The summed E-state index contributed by atoms with van der Waals surface area (Å²) in [5.74, 6) is 0. The van der Waals surface area contributed by atoms with E-state index in [0.717, 1.165) is 0 Å². The van der Waals surface area contributed by atoms with Crippen molar-refractivity contribution in [3.8, 4) is 0 Å². The first-order valence-corrected chi connectivity index (χ1v) is 3.11. The van der Waals surface area contributed by atoms with Gasteiger partial charge >= 0.3 is 0 Å². The number of nitrogens with zero attached hydrogens (tertiary/aromatic N) is 1. The van der Waals surface area contributed by atoms with Crippen molar-refractivity contribution in [2.45, 2.75) is 0 Å². The van der Waals surface area contributed by atoms with E-state index in [1.807, 2.05) is 0 Å². The van der Waals surface area contributed by atoms with Crippen LogP contribution in [-0.2, 0) is 4.79 Å². The fourth-order valence-corrected chi connectivity index (χ4v) is 0.798. The zero-order chi connectivity index (χ0) is 7.40. The second-order valence-corrected chi connectivity index (χ2v) is 2.09. The van der Waals surface area contributed by atoms with Crippen molar-refractivity contribution < 1.29 is 4.79 Å². The van der Waals surface area contributed by atoms with E-state index in [1.54, 1.807) is 24.3 Å². The Morgan fingerprint density at radius 1 is 1.40 bits per heavy atom. The Labute approximate surface area is 63.8 Å². The van der Waals surface area contributed by atoms with Crippen LogP contribution in [0, 0.1) is 0 Å². The van der Waals surface area contributed by atoms with Gasteiger partial charge in [0.15, 0.2) is 0 Å². The lowest BCUT2D eigenvalue weighted by Gasteiger charge is -1.95.